The first kappa shape index (κ1) is 13.3. The van der Waals surface area contributed by atoms with Gasteiger partial charge in [0.15, 0.2) is 5.11 Å². The van der Waals surface area contributed by atoms with Gasteiger partial charge in [-0.05, 0) is 37.3 Å². The third-order valence-electron chi connectivity index (χ3n) is 2.32. The minimum absolute atomic E-state index is 0.525. The number of benzene rings is 1. The molecule has 98 valence electrons. The van der Waals surface area contributed by atoms with Crippen molar-refractivity contribution in [3.63, 3.8) is 0 Å². The fourth-order valence-corrected chi connectivity index (χ4v) is 1.74. The predicted octanol–water partition coefficient (Wildman–Crippen LogP) is 3.29. The molecule has 0 saturated heterocycles. The zero-order valence-electron chi connectivity index (χ0n) is 10.6. The number of hydrogen-bond acceptors (Lipinski definition) is 3. The summed E-state index contributed by atoms with van der Waals surface area (Å²) < 4.78 is 5.27. The Labute approximate surface area is 117 Å². The number of anilines is 2. The van der Waals surface area contributed by atoms with Crippen molar-refractivity contribution in [2.24, 2.45) is 0 Å². The third kappa shape index (κ3) is 4.22. The largest absolute Gasteiger partial charge is 0.478 e. The van der Waals surface area contributed by atoms with E-state index in [-0.39, 0.29) is 0 Å². The summed E-state index contributed by atoms with van der Waals surface area (Å²) in [6, 6.07) is 13.4. The SMILES string of the molecule is CCOc1ccc(NC(=S)Nc2ccccc2)cn1. The molecule has 5 heteroatoms. The molecule has 4 nitrogen and oxygen atoms in total. The molecule has 2 N–H and O–H groups in total. The van der Waals surface area contributed by atoms with Crippen LogP contribution in [0.1, 0.15) is 6.92 Å². The van der Waals surface area contributed by atoms with E-state index >= 15 is 0 Å². The number of pyridine rings is 1. The number of ether oxygens (including phenoxy) is 1. The van der Waals surface area contributed by atoms with Gasteiger partial charge in [-0.2, -0.15) is 0 Å². The molecule has 0 fully saturated rings. The molecule has 1 heterocycles. The van der Waals surface area contributed by atoms with Crippen molar-refractivity contribution < 1.29 is 4.74 Å². The van der Waals surface area contributed by atoms with Gasteiger partial charge in [0.1, 0.15) is 0 Å². The third-order valence-corrected chi connectivity index (χ3v) is 2.52. The predicted molar refractivity (Wildman–Crippen MR) is 81.7 cm³/mol. The van der Waals surface area contributed by atoms with Gasteiger partial charge in [-0.15, -0.1) is 0 Å². The van der Waals surface area contributed by atoms with Gasteiger partial charge in [-0.3, -0.25) is 0 Å². The summed E-state index contributed by atoms with van der Waals surface area (Å²) in [6.07, 6.45) is 1.68. The molecule has 0 aliphatic rings. The average Bonchev–Trinajstić information content (AvgIpc) is 2.42. The number of aromatic nitrogens is 1. The van der Waals surface area contributed by atoms with E-state index in [4.69, 9.17) is 17.0 Å². The maximum Gasteiger partial charge on any atom is 0.213 e. The van der Waals surface area contributed by atoms with Gasteiger partial charge < -0.3 is 15.4 Å². The standard InChI is InChI=1S/C14H15N3OS/c1-2-18-13-9-8-12(10-15-13)17-14(19)16-11-6-4-3-5-7-11/h3-10H,2H2,1H3,(H2,16,17,19). The van der Waals surface area contributed by atoms with E-state index in [1.807, 2.05) is 43.3 Å². The topological polar surface area (TPSA) is 46.2 Å². The summed E-state index contributed by atoms with van der Waals surface area (Å²) in [5, 5.41) is 6.68. The van der Waals surface area contributed by atoms with Crippen molar-refractivity contribution >= 4 is 28.7 Å². The lowest BCUT2D eigenvalue weighted by Gasteiger charge is -2.10. The Morgan fingerprint density at radius 3 is 2.47 bits per heavy atom. The van der Waals surface area contributed by atoms with Crippen LogP contribution in [0.4, 0.5) is 11.4 Å². The Kier molecular flexibility index (Phi) is 4.69. The lowest BCUT2D eigenvalue weighted by molar-refractivity contribution is 0.327. The summed E-state index contributed by atoms with van der Waals surface area (Å²) in [4.78, 5) is 4.16. The second-order valence-corrected chi connectivity index (χ2v) is 4.17. The second kappa shape index (κ2) is 6.70. The first-order chi connectivity index (χ1) is 9.28. The van der Waals surface area contributed by atoms with Crippen LogP contribution >= 0.6 is 12.2 Å². The van der Waals surface area contributed by atoms with Crippen LogP contribution in [-0.4, -0.2) is 16.7 Å². The fraction of sp³-hybridized carbons (Fsp3) is 0.143. The average molecular weight is 273 g/mol. The number of nitrogens with zero attached hydrogens (tertiary/aromatic N) is 1. The zero-order chi connectivity index (χ0) is 13.5. The lowest BCUT2D eigenvalue weighted by Crippen LogP contribution is -2.19. The number of para-hydroxylation sites is 1. The van der Waals surface area contributed by atoms with Crippen LogP contribution in [0.2, 0.25) is 0 Å². The first-order valence-electron chi connectivity index (χ1n) is 6.00. The van der Waals surface area contributed by atoms with E-state index in [0.29, 0.717) is 17.6 Å². The first-order valence-corrected chi connectivity index (χ1v) is 6.40. The molecule has 0 amide bonds. The molecule has 19 heavy (non-hydrogen) atoms. The summed E-state index contributed by atoms with van der Waals surface area (Å²) in [6.45, 7) is 2.53. The van der Waals surface area contributed by atoms with Gasteiger partial charge in [0.05, 0.1) is 18.5 Å². The molecule has 0 spiro atoms. The molecule has 0 aliphatic carbocycles. The van der Waals surface area contributed by atoms with Crippen LogP contribution in [0.25, 0.3) is 0 Å². The molecule has 0 radical (unpaired) electrons. The van der Waals surface area contributed by atoms with Crippen LogP contribution in [0.5, 0.6) is 5.88 Å². The summed E-state index contributed by atoms with van der Waals surface area (Å²) in [7, 11) is 0. The van der Waals surface area contributed by atoms with Crippen molar-refractivity contribution in [3.8, 4) is 5.88 Å². The quantitative estimate of drug-likeness (QED) is 0.837. The van der Waals surface area contributed by atoms with E-state index in [2.05, 4.69) is 15.6 Å². The van der Waals surface area contributed by atoms with Gasteiger partial charge in [0, 0.05) is 11.8 Å². The Bertz CT molecular complexity index is 528. The molecule has 2 aromatic rings. The molecule has 1 aromatic heterocycles. The van der Waals surface area contributed by atoms with Crippen molar-refractivity contribution in [1.29, 1.82) is 0 Å². The maximum absolute atomic E-state index is 5.27. The molecule has 0 unspecified atom stereocenters. The normalized spacial score (nSPS) is 9.74. The minimum Gasteiger partial charge on any atom is -0.478 e. The molecular formula is C14H15N3OS. The van der Waals surface area contributed by atoms with E-state index in [0.717, 1.165) is 11.4 Å². The number of hydrogen-bond donors (Lipinski definition) is 2. The molecule has 1 aromatic carbocycles. The van der Waals surface area contributed by atoms with Crippen LogP contribution in [0.15, 0.2) is 48.7 Å². The highest BCUT2D eigenvalue weighted by molar-refractivity contribution is 7.80. The smallest absolute Gasteiger partial charge is 0.213 e. The van der Waals surface area contributed by atoms with Crippen LogP contribution in [0, 0.1) is 0 Å². The summed E-state index contributed by atoms with van der Waals surface area (Å²) in [5.41, 5.74) is 1.76. The van der Waals surface area contributed by atoms with E-state index in [1.165, 1.54) is 0 Å². The molecule has 0 saturated carbocycles. The Morgan fingerprint density at radius 2 is 1.84 bits per heavy atom. The highest BCUT2D eigenvalue weighted by Gasteiger charge is 2.00. The maximum atomic E-state index is 5.27. The lowest BCUT2D eigenvalue weighted by atomic mass is 10.3. The van der Waals surface area contributed by atoms with Crippen molar-refractivity contribution in [2.75, 3.05) is 17.2 Å². The van der Waals surface area contributed by atoms with Crippen molar-refractivity contribution in [3.05, 3.63) is 48.7 Å². The van der Waals surface area contributed by atoms with Crippen molar-refractivity contribution in [2.45, 2.75) is 6.92 Å². The molecule has 0 bridgehead atoms. The minimum atomic E-state index is 0.525. The van der Waals surface area contributed by atoms with Gasteiger partial charge in [0.2, 0.25) is 5.88 Å². The van der Waals surface area contributed by atoms with Gasteiger partial charge in [-0.1, -0.05) is 18.2 Å². The second-order valence-electron chi connectivity index (χ2n) is 3.76. The van der Waals surface area contributed by atoms with E-state index in [9.17, 15) is 0 Å². The Morgan fingerprint density at radius 1 is 1.11 bits per heavy atom. The number of rotatable bonds is 4. The Balaban J connectivity index is 1.91. The molecule has 0 aliphatic heterocycles. The number of thiocarbonyl (C=S) groups is 1. The van der Waals surface area contributed by atoms with Crippen LogP contribution in [-0.2, 0) is 0 Å². The van der Waals surface area contributed by atoms with Gasteiger partial charge in [0.25, 0.3) is 0 Å². The zero-order valence-corrected chi connectivity index (χ0v) is 11.4. The van der Waals surface area contributed by atoms with E-state index in [1.54, 1.807) is 12.3 Å². The highest BCUT2D eigenvalue weighted by atomic mass is 32.1. The number of nitrogens with one attached hydrogen (secondary N) is 2. The summed E-state index contributed by atoms with van der Waals surface area (Å²) in [5.74, 6) is 0.606. The monoisotopic (exact) mass is 273 g/mol. The molecule has 0 atom stereocenters. The molecular weight excluding hydrogens is 258 g/mol. The van der Waals surface area contributed by atoms with Gasteiger partial charge in [-0.25, -0.2) is 4.98 Å². The van der Waals surface area contributed by atoms with E-state index < -0.39 is 0 Å². The highest BCUT2D eigenvalue weighted by Crippen LogP contribution is 2.12. The Hall–Kier alpha value is -2.14. The molecule has 2 rings (SSSR count). The van der Waals surface area contributed by atoms with Gasteiger partial charge >= 0.3 is 0 Å². The fourth-order valence-electron chi connectivity index (χ4n) is 1.50. The summed E-state index contributed by atoms with van der Waals surface area (Å²) >= 11 is 5.22. The van der Waals surface area contributed by atoms with Crippen LogP contribution < -0.4 is 15.4 Å². The van der Waals surface area contributed by atoms with Crippen LogP contribution in [0.3, 0.4) is 0 Å². The van der Waals surface area contributed by atoms with Crippen molar-refractivity contribution in [1.82, 2.24) is 4.98 Å².